The molecule has 0 aromatic carbocycles. The summed E-state index contributed by atoms with van der Waals surface area (Å²) in [5.74, 6) is -0.347. The van der Waals surface area contributed by atoms with Crippen molar-refractivity contribution in [1.29, 1.82) is 0 Å². The van der Waals surface area contributed by atoms with Gasteiger partial charge in [0.2, 0.25) is 5.88 Å². The largest absolute Gasteiger partial charge is 0.474 e. The minimum absolute atomic E-state index is 0.106. The molecule has 0 aromatic heterocycles. The molecule has 5 N–H and O–H groups in total. The van der Waals surface area contributed by atoms with E-state index in [4.69, 9.17) is 15.9 Å². The lowest BCUT2D eigenvalue weighted by molar-refractivity contribution is -0.117. The number of ether oxygens (including phenoxy) is 1. The molecule has 0 saturated heterocycles. The number of carbonyl (C=O) groups excluding carboxylic acids is 1. The topological polar surface area (TPSA) is 89.9 Å². The molecule has 0 radical (unpaired) electrons. The highest BCUT2D eigenvalue weighted by molar-refractivity contribution is 6.10. The maximum atomic E-state index is 11.1. The molecule has 90 valence electrons. The van der Waals surface area contributed by atoms with Crippen LogP contribution in [-0.4, -0.2) is 24.8 Å². The van der Waals surface area contributed by atoms with E-state index in [1.54, 1.807) is 0 Å². The number of carbonyl (C=O) groups is 1. The molecule has 0 aromatic rings. The Balaban J connectivity index is 4.94. The first-order chi connectivity index (χ1) is 7.38. The summed E-state index contributed by atoms with van der Waals surface area (Å²) in [6.45, 7) is 9.66. The number of primary amides is 1. The summed E-state index contributed by atoms with van der Waals surface area (Å²) in [5.41, 5.74) is 6.15. The van der Waals surface area contributed by atoms with Gasteiger partial charge in [-0.15, -0.1) is 0 Å². The predicted octanol–water partition coefficient (Wildman–Crippen LogP) is -0.896. The molecule has 0 rings (SSSR count). The van der Waals surface area contributed by atoms with Gasteiger partial charge in [-0.05, 0) is 26.3 Å². The van der Waals surface area contributed by atoms with Crippen LogP contribution in [0.25, 0.3) is 0 Å². The van der Waals surface area contributed by atoms with Crippen LogP contribution in [-0.2, 0) is 9.53 Å². The first-order valence-corrected chi connectivity index (χ1v) is 5.01. The zero-order valence-corrected chi connectivity index (χ0v) is 10.0. The number of nitrogens with two attached hydrogens (primary N) is 2. The summed E-state index contributed by atoms with van der Waals surface area (Å²) >= 11 is 0. The maximum absolute atomic E-state index is 11.1. The molecule has 0 fully saturated rings. The lowest BCUT2D eigenvalue weighted by Gasteiger charge is -2.16. The average Bonchev–Trinajstić information content (AvgIpc) is 2.13. The van der Waals surface area contributed by atoms with Gasteiger partial charge in [-0.2, -0.15) is 0 Å². The van der Waals surface area contributed by atoms with Gasteiger partial charge < -0.3 is 15.8 Å². The van der Waals surface area contributed by atoms with Crippen molar-refractivity contribution in [2.24, 2.45) is 5.73 Å². The summed E-state index contributed by atoms with van der Waals surface area (Å²) in [6.07, 6.45) is 1.13. The SMILES string of the molecule is C=C(C)CO/C(NC(C)C)=C(/C=[NH2+])C(N)=O. The summed E-state index contributed by atoms with van der Waals surface area (Å²) in [4.78, 5) is 11.1. The van der Waals surface area contributed by atoms with Crippen molar-refractivity contribution >= 4 is 12.1 Å². The highest BCUT2D eigenvalue weighted by Gasteiger charge is 2.15. The van der Waals surface area contributed by atoms with Gasteiger partial charge in [-0.1, -0.05) is 6.58 Å². The summed E-state index contributed by atoms with van der Waals surface area (Å²) in [7, 11) is 0. The van der Waals surface area contributed by atoms with Crippen molar-refractivity contribution < 1.29 is 14.9 Å². The van der Waals surface area contributed by atoms with Gasteiger partial charge >= 0.3 is 0 Å². The molecule has 0 atom stereocenters. The molecule has 16 heavy (non-hydrogen) atoms. The van der Waals surface area contributed by atoms with Crippen molar-refractivity contribution in [1.82, 2.24) is 5.32 Å². The quantitative estimate of drug-likeness (QED) is 0.227. The Labute approximate surface area is 95.9 Å². The average molecular weight is 226 g/mol. The fraction of sp³-hybridized carbons (Fsp3) is 0.455. The van der Waals surface area contributed by atoms with Crippen LogP contribution in [0, 0.1) is 0 Å². The Morgan fingerprint density at radius 3 is 2.50 bits per heavy atom. The second kappa shape index (κ2) is 6.66. The monoisotopic (exact) mass is 226 g/mol. The minimum Gasteiger partial charge on any atom is -0.474 e. The van der Waals surface area contributed by atoms with Crippen LogP contribution in [0.1, 0.15) is 20.8 Å². The van der Waals surface area contributed by atoms with Crippen molar-refractivity contribution in [2.75, 3.05) is 6.61 Å². The van der Waals surface area contributed by atoms with E-state index in [0.717, 1.165) is 11.8 Å². The van der Waals surface area contributed by atoms with Gasteiger partial charge in [0.05, 0.1) is 0 Å². The second-order valence-electron chi connectivity index (χ2n) is 3.82. The molecule has 0 aliphatic heterocycles. The summed E-state index contributed by atoms with van der Waals surface area (Å²) in [6, 6.07) is 0.106. The highest BCUT2D eigenvalue weighted by atomic mass is 16.5. The first-order valence-electron chi connectivity index (χ1n) is 5.01. The lowest BCUT2D eigenvalue weighted by Crippen LogP contribution is -2.37. The van der Waals surface area contributed by atoms with E-state index >= 15 is 0 Å². The Hall–Kier alpha value is -1.78. The van der Waals surface area contributed by atoms with Crippen LogP contribution >= 0.6 is 0 Å². The molecule has 0 saturated carbocycles. The van der Waals surface area contributed by atoms with Crippen molar-refractivity contribution in [3.05, 3.63) is 23.6 Å². The van der Waals surface area contributed by atoms with Crippen LogP contribution in [0.3, 0.4) is 0 Å². The molecule has 0 heterocycles. The van der Waals surface area contributed by atoms with Crippen LogP contribution in [0.15, 0.2) is 23.6 Å². The van der Waals surface area contributed by atoms with Gasteiger partial charge in [-0.3, -0.25) is 10.2 Å². The van der Waals surface area contributed by atoms with E-state index in [1.807, 2.05) is 20.8 Å². The Morgan fingerprint density at radius 1 is 1.62 bits per heavy atom. The standard InChI is InChI=1S/C11H19N3O2/c1-7(2)6-16-11(14-8(3)4)9(5-12)10(13)15/h5,8,12,14H,1,6H2,2-4H3,(H2,13,15)/p+1/b11-9-,12-5?. The number of hydrogen-bond acceptors (Lipinski definition) is 3. The van der Waals surface area contributed by atoms with Crippen LogP contribution < -0.4 is 16.5 Å². The Morgan fingerprint density at radius 2 is 2.19 bits per heavy atom. The Kier molecular flexibility index (Phi) is 5.92. The van der Waals surface area contributed by atoms with Gasteiger partial charge in [0, 0.05) is 6.04 Å². The molecule has 0 aliphatic rings. The Bertz CT molecular complexity index is 319. The molecular formula is C11H20N3O2+. The van der Waals surface area contributed by atoms with E-state index in [-0.39, 0.29) is 17.5 Å². The molecule has 0 spiro atoms. The molecule has 0 unspecified atom stereocenters. The third-order valence-electron chi connectivity index (χ3n) is 1.56. The third-order valence-corrected chi connectivity index (χ3v) is 1.56. The van der Waals surface area contributed by atoms with Gasteiger partial charge in [0.25, 0.3) is 5.91 Å². The minimum atomic E-state index is -0.632. The van der Waals surface area contributed by atoms with Gasteiger partial charge in [-0.25, -0.2) is 0 Å². The molecule has 0 bridgehead atoms. The van der Waals surface area contributed by atoms with Crippen LogP contribution in [0.5, 0.6) is 0 Å². The first kappa shape index (κ1) is 14.2. The molecule has 1 amide bonds. The van der Waals surface area contributed by atoms with E-state index < -0.39 is 5.91 Å². The normalized spacial score (nSPS) is 11.8. The lowest BCUT2D eigenvalue weighted by atomic mass is 10.2. The van der Waals surface area contributed by atoms with Crippen molar-refractivity contribution in [3.8, 4) is 0 Å². The van der Waals surface area contributed by atoms with Crippen LogP contribution in [0.4, 0.5) is 0 Å². The van der Waals surface area contributed by atoms with Gasteiger partial charge in [0.15, 0.2) is 11.8 Å². The summed E-state index contributed by atoms with van der Waals surface area (Å²) in [5, 5.41) is 8.30. The number of rotatable bonds is 7. The van der Waals surface area contributed by atoms with E-state index in [1.165, 1.54) is 0 Å². The molecule has 0 aliphatic carbocycles. The zero-order chi connectivity index (χ0) is 12.7. The second-order valence-corrected chi connectivity index (χ2v) is 3.82. The fourth-order valence-corrected chi connectivity index (χ4v) is 0.924. The smallest absolute Gasteiger partial charge is 0.260 e. The zero-order valence-electron chi connectivity index (χ0n) is 10.0. The number of amides is 1. The van der Waals surface area contributed by atoms with Gasteiger partial charge in [0.1, 0.15) is 6.61 Å². The number of hydrogen-bond donors (Lipinski definition) is 3. The summed E-state index contributed by atoms with van der Waals surface area (Å²) < 4.78 is 5.39. The van der Waals surface area contributed by atoms with E-state index in [0.29, 0.717) is 6.61 Å². The molecular weight excluding hydrogens is 206 g/mol. The van der Waals surface area contributed by atoms with E-state index in [2.05, 4.69) is 11.9 Å². The highest BCUT2D eigenvalue weighted by Crippen LogP contribution is 2.04. The van der Waals surface area contributed by atoms with E-state index in [9.17, 15) is 4.79 Å². The predicted molar refractivity (Wildman–Crippen MR) is 63.2 cm³/mol. The van der Waals surface area contributed by atoms with Crippen molar-refractivity contribution in [3.63, 3.8) is 0 Å². The maximum Gasteiger partial charge on any atom is 0.260 e. The van der Waals surface area contributed by atoms with Crippen LogP contribution in [0.2, 0.25) is 0 Å². The number of nitrogens with one attached hydrogen (secondary N) is 1. The molecule has 5 heteroatoms. The van der Waals surface area contributed by atoms with Crippen molar-refractivity contribution in [2.45, 2.75) is 26.8 Å². The molecule has 5 nitrogen and oxygen atoms in total. The third kappa shape index (κ3) is 5.19. The fourth-order valence-electron chi connectivity index (χ4n) is 0.924.